The second-order valence-corrected chi connectivity index (χ2v) is 3.88. The summed E-state index contributed by atoms with van der Waals surface area (Å²) >= 11 is 0. The van der Waals surface area contributed by atoms with Crippen LogP contribution in [0.2, 0.25) is 0 Å². The predicted octanol–water partition coefficient (Wildman–Crippen LogP) is 0.373. The van der Waals surface area contributed by atoms with Gasteiger partial charge in [-0.05, 0) is 12.3 Å². The quantitative estimate of drug-likeness (QED) is 0.697. The molecule has 0 bridgehead atoms. The van der Waals surface area contributed by atoms with Gasteiger partial charge in [0, 0.05) is 13.0 Å². The fourth-order valence-electron chi connectivity index (χ4n) is 2.14. The van der Waals surface area contributed by atoms with Crippen LogP contribution in [0.1, 0.15) is 20.3 Å². The van der Waals surface area contributed by atoms with Crippen LogP contribution < -0.4 is 0 Å². The van der Waals surface area contributed by atoms with Gasteiger partial charge in [0.05, 0.1) is 12.7 Å². The van der Waals surface area contributed by atoms with E-state index in [1.807, 2.05) is 13.8 Å². The highest BCUT2D eigenvalue weighted by molar-refractivity contribution is 4.85. The molecule has 1 aliphatic rings. The Bertz CT molecular complexity index is 172. The molecule has 5 atom stereocenters. The molecule has 0 aromatic heterocycles. The van der Waals surface area contributed by atoms with E-state index in [4.69, 9.17) is 14.6 Å². The van der Waals surface area contributed by atoms with Gasteiger partial charge >= 0.3 is 0 Å². The van der Waals surface area contributed by atoms with E-state index in [-0.39, 0.29) is 24.7 Å². The molecule has 0 aromatic carbocycles. The van der Waals surface area contributed by atoms with Crippen molar-refractivity contribution in [1.82, 2.24) is 0 Å². The number of aliphatic hydroxyl groups excluding tert-OH is 2. The smallest absolute Gasteiger partial charge is 0.160 e. The summed E-state index contributed by atoms with van der Waals surface area (Å²) in [5.41, 5.74) is 0. The van der Waals surface area contributed by atoms with Crippen LogP contribution in [0.25, 0.3) is 0 Å². The Hall–Kier alpha value is -0.160. The van der Waals surface area contributed by atoms with E-state index in [0.29, 0.717) is 0 Å². The molecule has 4 nitrogen and oxygen atoms in total. The van der Waals surface area contributed by atoms with Crippen molar-refractivity contribution in [3.63, 3.8) is 0 Å². The first-order valence-corrected chi connectivity index (χ1v) is 5.12. The molecule has 4 heteroatoms. The minimum atomic E-state index is -0.601. The second-order valence-electron chi connectivity index (χ2n) is 3.88. The summed E-state index contributed by atoms with van der Waals surface area (Å²) in [6.07, 6.45) is -0.529. The molecule has 1 rings (SSSR count). The van der Waals surface area contributed by atoms with Crippen molar-refractivity contribution in [2.75, 3.05) is 13.7 Å². The van der Waals surface area contributed by atoms with Gasteiger partial charge in [0.1, 0.15) is 6.10 Å². The fourth-order valence-corrected chi connectivity index (χ4v) is 2.14. The Morgan fingerprint density at radius 2 is 2.07 bits per heavy atom. The summed E-state index contributed by atoms with van der Waals surface area (Å²) in [7, 11) is 1.59. The van der Waals surface area contributed by atoms with Crippen molar-refractivity contribution in [2.24, 2.45) is 11.8 Å². The summed E-state index contributed by atoms with van der Waals surface area (Å²) in [6.45, 7) is 3.85. The van der Waals surface area contributed by atoms with Gasteiger partial charge in [-0.3, -0.25) is 0 Å². The Morgan fingerprint density at radius 3 is 2.50 bits per heavy atom. The van der Waals surface area contributed by atoms with Crippen molar-refractivity contribution in [1.29, 1.82) is 0 Å². The number of ether oxygens (including phenoxy) is 2. The summed E-state index contributed by atoms with van der Waals surface area (Å²) in [5, 5.41) is 18.8. The van der Waals surface area contributed by atoms with Crippen LogP contribution in [0.5, 0.6) is 0 Å². The van der Waals surface area contributed by atoms with Gasteiger partial charge in [0.15, 0.2) is 6.29 Å². The second kappa shape index (κ2) is 5.07. The highest BCUT2D eigenvalue weighted by atomic mass is 16.7. The number of methoxy groups -OCH3 is 1. The molecule has 14 heavy (non-hydrogen) atoms. The monoisotopic (exact) mass is 204 g/mol. The third kappa shape index (κ3) is 2.08. The van der Waals surface area contributed by atoms with Gasteiger partial charge in [-0.15, -0.1) is 0 Å². The Labute approximate surface area is 84.8 Å². The predicted molar refractivity (Wildman–Crippen MR) is 51.7 cm³/mol. The van der Waals surface area contributed by atoms with Crippen LogP contribution in [0, 0.1) is 11.8 Å². The van der Waals surface area contributed by atoms with Gasteiger partial charge in [0.25, 0.3) is 0 Å². The van der Waals surface area contributed by atoms with Crippen molar-refractivity contribution >= 4 is 0 Å². The van der Waals surface area contributed by atoms with E-state index in [1.54, 1.807) is 7.11 Å². The minimum absolute atomic E-state index is 0.0934. The molecular formula is C10H20O4. The SMILES string of the molecule is CC[C@H]1[C@@H](OC)O[C@H](CO)[C@@H](O)[C@@H]1C. The van der Waals surface area contributed by atoms with Crippen LogP contribution in [-0.2, 0) is 9.47 Å². The molecule has 1 aliphatic heterocycles. The highest BCUT2D eigenvalue weighted by Gasteiger charge is 2.41. The largest absolute Gasteiger partial charge is 0.394 e. The number of aliphatic hydroxyl groups is 2. The zero-order valence-corrected chi connectivity index (χ0v) is 9.01. The molecule has 0 unspecified atom stereocenters. The Morgan fingerprint density at radius 1 is 1.43 bits per heavy atom. The maximum absolute atomic E-state index is 9.81. The minimum Gasteiger partial charge on any atom is -0.394 e. The lowest BCUT2D eigenvalue weighted by Gasteiger charge is -2.42. The van der Waals surface area contributed by atoms with Crippen molar-refractivity contribution < 1.29 is 19.7 Å². The molecule has 1 fully saturated rings. The molecule has 84 valence electrons. The van der Waals surface area contributed by atoms with E-state index in [9.17, 15) is 5.11 Å². The molecule has 0 aliphatic carbocycles. The van der Waals surface area contributed by atoms with E-state index in [0.717, 1.165) is 6.42 Å². The Balaban J connectivity index is 2.71. The molecule has 0 saturated carbocycles. The Kier molecular flexibility index (Phi) is 4.31. The van der Waals surface area contributed by atoms with E-state index in [1.165, 1.54) is 0 Å². The van der Waals surface area contributed by atoms with Crippen LogP contribution in [0.3, 0.4) is 0 Å². The normalized spacial score (nSPS) is 43.9. The van der Waals surface area contributed by atoms with Crippen molar-refractivity contribution in [3.8, 4) is 0 Å². The zero-order valence-electron chi connectivity index (χ0n) is 9.01. The summed E-state index contributed by atoms with van der Waals surface area (Å²) in [4.78, 5) is 0. The molecule has 0 aromatic rings. The molecule has 0 spiro atoms. The molecule has 1 heterocycles. The highest BCUT2D eigenvalue weighted by Crippen LogP contribution is 2.33. The summed E-state index contributed by atoms with van der Waals surface area (Å²) < 4.78 is 10.6. The van der Waals surface area contributed by atoms with Crippen molar-refractivity contribution in [3.05, 3.63) is 0 Å². The molecule has 2 N–H and O–H groups in total. The van der Waals surface area contributed by atoms with Gasteiger partial charge in [-0.1, -0.05) is 13.8 Å². The van der Waals surface area contributed by atoms with E-state index >= 15 is 0 Å². The van der Waals surface area contributed by atoms with Crippen LogP contribution in [-0.4, -0.2) is 42.4 Å². The lowest BCUT2D eigenvalue weighted by atomic mass is 9.82. The van der Waals surface area contributed by atoms with Gasteiger partial charge < -0.3 is 19.7 Å². The first-order chi connectivity index (χ1) is 6.65. The lowest BCUT2D eigenvalue weighted by Crippen LogP contribution is -2.51. The van der Waals surface area contributed by atoms with Crippen LogP contribution in [0.4, 0.5) is 0 Å². The van der Waals surface area contributed by atoms with Gasteiger partial charge in [-0.2, -0.15) is 0 Å². The first kappa shape index (κ1) is 11.9. The van der Waals surface area contributed by atoms with E-state index < -0.39 is 12.2 Å². The average Bonchev–Trinajstić information content (AvgIpc) is 2.21. The fraction of sp³-hybridized carbons (Fsp3) is 1.00. The molecule has 0 radical (unpaired) electrons. The van der Waals surface area contributed by atoms with Crippen molar-refractivity contribution in [2.45, 2.75) is 38.8 Å². The van der Waals surface area contributed by atoms with Crippen LogP contribution >= 0.6 is 0 Å². The maximum atomic E-state index is 9.81. The zero-order chi connectivity index (χ0) is 10.7. The lowest BCUT2D eigenvalue weighted by molar-refractivity contribution is -0.263. The number of hydrogen-bond donors (Lipinski definition) is 2. The molecule has 1 saturated heterocycles. The standard InChI is InChI=1S/C10H20O4/c1-4-7-6(2)9(12)8(5-11)14-10(7)13-3/h6-12H,4-5H2,1-3H3/t6-,7-,8-,9+,10+/m1/s1. The van der Waals surface area contributed by atoms with Gasteiger partial charge in [-0.25, -0.2) is 0 Å². The summed E-state index contributed by atoms with van der Waals surface area (Å²) in [6, 6.07) is 0. The topological polar surface area (TPSA) is 58.9 Å². The van der Waals surface area contributed by atoms with E-state index in [2.05, 4.69) is 0 Å². The third-order valence-electron chi connectivity index (χ3n) is 3.14. The molecule has 0 amide bonds. The third-order valence-corrected chi connectivity index (χ3v) is 3.14. The summed E-state index contributed by atoms with van der Waals surface area (Å²) in [5.74, 6) is 0.286. The average molecular weight is 204 g/mol. The number of hydrogen-bond acceptors (Lipinski definition) is 4. The first-order valence-electron chi connectivity index (χ1n) is 5.12. The van der Waals surface area contributed by atoms with Crippen LogP contribution in [0.15, 0.2) is 0 Å². The maximum Gasteiger partial charge on any atom is 0.160 e. The number of rotatable bonds is 3. The van der Waals surface area contributed by atoms with Gasteiger partial charge in [0.2, 0.25) is 0 Å². The molecular weight excluding hydrogens is 184 g/mol.